The largest absolute Gasteiger partial charge is 0.285 e. The lowest BCUT2D eigenvalue weighted by molar-refractivity contribution is 0.809. The molecule has 0 fully saturated rings. The SMILES string of the molecule is CCCc1nc(Cl)c(Cl)n1-c1c(C)ccc2ccccc12. The van der Waals surface area contributed by atoms with Gasteiger partial charge in [-0.1, -0.05) is 66.5 Å². The first-order valence-electron chi connectivity index (χ1n) is 7.04. The van der Waals surface area contributed by atoms with Crippen molar-refractivity contribution in [3.8, 4) is 5.69 Å². The summed E-state index contributed by atoms with van der Waals surface area (Å²) in [5, 5.41) is 3.19. The van der Waals surface area contributed by atoms with Crippen LogP contribution >= 0.6 is 23.2 Å². The van der Waals surface area contributed by atoms with Crippen LogP contribution in [0.4, 0.5) is 0 Å². The van der Waals surface area contributed by atoms with Gasteiger partial charge in [-0.2, -0.15) is 0 Å². The lowest BCUT2D eigenvalue weighted by atomic mass is 10.0. The van der Waals surface area contributed by atoms with Crippen LogP contribution < -0.4 is 0 Å². The first kappa shape index (κ1) is 14.4. The van der Waals surface area contributed by atoms with Gasteiger partial charge in [-0.3, -0.25) is 4.57 Å². The molecule has 4 heteroatoms. The quantitative estimate of drug-likeness (QED) is 0.615. The zero-order valence-electron chi connectivity index (χ0n) is 12.0. The third-order valence-corrected chi connectivity index (χ3v) is 4.36. The molecule has 1 heterocycles. The third-order valence-electron chi connectivity index (χ3n) is 3.65. The Balaban J connectivity index is 2.37. The highest BCUT2D eigenvalue weighted by atomic mass is 35.5. The topological polar surface area (TPSA) is 17.8 Å². The summed E-state index contributed by atoms with van der Waals surface area (Å²) in [5.74, 6) is 0.909. The Morgan fingerprint density at radius 1 is 1.10 bits per heavy atom. The van der Waals surface area contributed by atoms with Crippen molar-refractivity contribution in [2.45, 2.75) is 26.7 Å². The fourth-order valence-electron chi connectivity index (χ4n) is 2.69. The van der Waals surface area contributed by atoms with E-state index in [0.717, 1.165) is 35.3 Å². The van der Waals surface area contributed by atoms with E-state index in [9.17, 15) is 0 Å². The van der Waals surface area contributed by atoms with E-state index in [1.165, 1.54) is 5.39 Å². The highest BCUT2D eigenvalue weighted by molar-refractivity contribution is 6.40. The van der Waals surface area contributed by atoms with Crippen LogP contribution in [0.15, 0.2) is 36.4 Å². The molecule has 1 aromatic heterocycles. The summed E-state index contributed by atoms with van der Waals surface area (Å²) in [6.45, 7) is 4.21. The van der Waals surface area contributed by atoms with Gasteiger partial charge in [0.2, 0.25) is 0 Å². The van der Waals surface area contributed by atoms with E-state index in [0.29, 0.717) is 10.3 Å². The lowest BCUT2D eigenvalue weighted by Gasteiger charge is -2.15. The number of imidazole rings is 1. The van der Waals surface area contributed by atoms with Crippen LogP contribution in [0.2, 0.25) is 10.3 Å². The van der Waals surface area contributed by atoms with E-state index >= 15 is 0 Å². The molecular weight excluding hydrogens is 303 g/mol. The molecule has 0 unspecified atom stereocenters. The van der Waals surface area contributed by atoms with Gasteiger partial charge in [0.25, 0.3) is 0 Å². The Bertz CT molecular complexity index is 806. The van der Waals surface area contributed by atoms with E-state index in [1.54, 1.807) is 0 Å². The monoisotopic (exact) mass is 318 g/mol. The molecule has 0 atom stereocenters. The second-order valence-electron chi connectivity index (χ2n) is 5.15. The van der Waals surface area contributed by atoms with Crippen LogP contribution in [-0.2, 0) is 6.42 Å². The fourth-order valence-corrected chi connectivity index (χ4v) is 3.10. The molecule has 0 bridgehead atoms. The minimum absolute atomic E-state index is 0.368. The summed E-state index contributed by atoms with van der Waals surface area (Å²) in [5.41, 5.74) is 2.22. The van der Waals surface area contributed by atoms with Gasteiger partial charge in [0, 0.05) is 11.8 Å². The maximum Gasteiger partial charge on any atom is 0.166 e. The van der Waals surface area contributed by atoms with Gasteiger partial charge in [0.05, 0.1) is 5.69 Å². The zero-order valence-corrected chi connectivity index (χ0v) is 13.5. The van der Waals surface area contributed by atoms with Gasteiger partial charge in [-0.05, 0) is 24.3 Å². The number of benzene rings is 2. The van der Waals surface area contributed by atoms with Crippen molar-refractivity contribution in [1.29, 1.82) is 0 Å². The maximum atomic E-state index is 6.43. The molecule has 0 saturated carbocycles. The van der Waals surface area contributed by atoms with Gasteiger partial charge >= 0.3 is 0 Å². The Kier molecular flexibility index (Phi) is 3.92. The van der Waals surface area contributed by atoms with Crippen LogP contribution in [0.25, 0.3) is 16.5 Å². The van der Waals surface area contributed by atoms with Gasteiger partial charge in [0.1, 0.15) is 5.82 Å². The van der Waals surface area contributed by atoms with Crippen molar-refractivity contribution < 1.29 is 0 Å². The van der Waals surface area contributed by atoms with Crippen LogP contribution in [0.5, 0.6) is 0 Å². The van der Waals surface area contributed by atoms with E-state index < -0.39 is 0 Å². The summed E-state index contributed by atoms with van der Waals surface area (Å²) in [6, 6.07) is 12.5. The molecule has 108 valence electrons. The second-order valence-corrected chi connectivity index (χ2v) is 5.86. The number of aromatic nitrogens is 2. The van der Waals surface area contributed by atoms with E-state index in [1.807, 2.05) is 16.7 Å². The Hall–Kier alpha value is -1.51. The van der Waals surface area contributed by atoms with Crippen LogP contribution in [0.3, 0.4) is 0 Å². The van der Waals surface area contributed by atoms with E-state index in [-0.39, 0.29) is 0 Å². The van der Waals surface area contributed by atoms with Gasteiger partial charge in [-0.25, -0.2) is 4.98 Å². The molecule has 3 rings (SSSR count). The molecule has 0 radical (unpaired) electrons. The van der Waals surface area contributed by atoms with Crippen LogP contribution in [-0.4, -0.2) is 9.55 Å². The minimum Gasteiger partial charge on any atom is -0.285 e. The number of aryl methyl sites for hydroxylation is 2. The molecule has 3 aromatic rings. The van der Waals surface area contributed by atoms with Crippen molar-refractivity contribution in [3.63, 3.8) is 0 Å². The Labute approximate surface area is 134 Å². The lowest BCUT2D eigenvalue weighted by Crippen LogP contribution is -2.04. The predicted octanol–water partition coefficient (Wildman–Crippen LogP) is 5.59. The normalized spacial score (nSPS) is 11.2. The molecule has 2 aromatic carbocycles. The molecule has 0 spiro atoms. The summed E-state index contributed by atoms with van der Waals surface area (Å²) >= 11 is 12.6. The van der Waals surface area contributed by atoms with Crippen LogP contribution in [0.1, 0.15) is 24.7 Å². The molecule has 0 saturated heterocycles. The van der Waals surface area contributed by atoms with Crippen molar-refractivity contribution in [1.82, 2.24) is 9.55 Å². The van der Waals surface area contributed by atoms with Gasteiger partial charge in [-0.15, -0.1) is 0 Å². The molecule has 2 nitrogen and oxygen atoms in total. The maximum absolute atomic E-state index is 6.43. The molecule has 0 N–H and O–H groups in total. The summed E-state index contributed by atoms with van der Waals surface area (Å²) in [7, 11) is 0. The Morgan fingerprint density at radius 2 is 1.86 bits per heavy atom. The number of hydrogen-bond donors (Lipinski definition) is 0. The summed E-state index contributed by atoms with van der Waals surface area (Å²) in [4.78, 5) is 4.42. The molecule has 21 heavy (non-hydrogen) atoms. The molecule has 0 aliphatic rings. The number of rotatable bonds is 3. The molecular formula is C17H16Cl2N2. The van der Waals surface area contributed by atoms with Crippen LogP contribution in [0, 0.1) is 6.92 Å². The third kappa shape index (κ3) is 2.43. The molecule has 0 aliphatic heterocycles. The van der Waals surface area contributed by atoms with E-state index in [2.05, 4.69) is 43.1 Å². The van der Waals surface area contributed by atoms with Gasteiger partial charge < -0.3 is 0 Å². The average molecular weight is 319 g/mol. The van der Waals surface area contributed by atoms with E-state index in [4.69, 9.17) is 23.2 Å². The number of hydrogen-bond acceptors (Lipinski definition) is 1. The molecule has 0 aliphatic carbocycles. The number of fused-ring (bicyclic) bond motifs is 1. The van der Waals surface area contributed by atoms with Crippen molar-refractivity contribution in [3.05, 3.63) is 58.1 Å². The first-order chi connectivity index (χ1) is 10.1. The second kappa shape index (κ2) is 5.70. The summed E-state index contributed by atoms with van der Waals surface area (Å²) < 4.78 is 1.99. The first-order valence-corrected chi connectivity index (χ1v) is 7.80. The smallest absolute Gasteiger partial charge is 0.166 e. The highest BCUT2D eigenvalue weighted by Gasteiger charge is 2.18. The molecule has 0 amide bonds. The average Bonchev–Trinajstić information content (AvgIpc) is 2.75. The summed E-state index contributed by atoms with van der Waals surface area (Å²) in [6.07, 6.45) is 1.84. The number of nitrogens with zero attached hydrogens (tertiary/aromatic N) is 2. The Morgan fingerprint density at radius 3 is 2.62 bits per heavy atom. The number of halogens is 2. The minimum atomic E-state index is 0.368. The van der Waals surface area contributed by atoms with Gasteiger partial charge in [0.15, 0.2) is 10.3 Å². The van der Waals surface area contributed by atoms with Crippen molar-refractivity contribution in [2.24, 2.45) is 0 Å². The predicted molar refractivity (Wildman–Crippen MR) is 89.8 cm³/mol. The zero-order chi connectivity index (χ0) is 15.0. The van der Waals surface area contributed by atoms with Crippen molar-refractivity contribution >= 4 is 34.0 Å². The fraction of sp³-hybridized carbons (Fsp3) is 0.235. The highest BCUT2D eigenvalue weighted by Crippen LogP contribution is 2.33. The standard InChI is InChI=1S/C17H16Cl2N2/c1-3-6-14-20-16(18)17(19)21(14)15-11(2)9-10-12-7-4-5-8-13(12)15/h4-5,7-10H,3,6H2,1-2H3. The van der Waals surface area contributed by atoms with Crippen molar-refractivity contribution in [2.75, 3.05) is 0 Å².